The molecule has 3 aliphatic rings. The van der Waals surface area contributed by atoms with E-state index in [9.17, 15) is 0 Å². The van der Waals surface area contributed by atoms with Gasteiger partial charge in [-0.15, -0.1) is 24.0 Å². The van der Waals surface area contributed by atoms with Crippen molar-refractivity contribution in [2.75, 3.05) is 31.2 Å². The molecule has 1 saturated carbocycles. The number of hydrogen-bond donors (Lipinski definition) is 1. The van der Waals surface area contributed by atoms with Gasteiger partial charge in [0.1, 0.15) is 17.6 Å². The SMILES string of the molecule is CCOc1cc2c(cc1C1CC1N=C(N)N1CCSCC1)OC(C)C2.I. The Balaban J connectivity index is 0.00000196. The Morgan fingerprint density at radius 1 is 1.38 bits per heavy atom. The van der Waals surface area contributed by atoms with Gasteiger partial charge in [0.05, 0.1) is 12.6 Å². The van der Waals surface area contributed by atoms with Crippen molar-refractivity contribution in [2.24, 2.45) is 10.7 Å². The minimum absolute atomic E-state index is 0. The number of hydrogen-bond acceptors (Lipinski definition) is 4. The first-order valence-electron chi connectivity index (χ1n) is 9.28. The van der Waals surface area contributed by atoms with Crippen LogP contribution in [0.5, 0.6) is 11.5 Å². The van der Waals surface area contributed by atoms with Crippen molar-refractivity contribution < 1.29 is 9.47 Å². The van der Waals surface area contributed by atoms with Gasteiger partial charge >= 0.3 is 0 Å². The van der Waals surface area contributed by atoms with Gasteiger partial charge in [-0.2, -0.15) is 11.8 Å². The van der Waals surface area contributed by atoms with Gasteiger partial charge in [-0.05, 0) is 32.4 Å². The molecule has 2 fully saturated rings. The molecule has 2 heterocycles. The van der Waals surface area contributed by atoms with Crippen molar-refractivity contribution in [1.29, 1.82) is 0 Å². The van der Waals surface area contributed by atoms with Crippen LogP contribution < -0.4 is 15.2 Å². The lowest BCUT2D eigenvalue weighted by Crippen LogP contribution is -2.42. The van der Waals surface area contributed by atoms with Crippen molar-refractivity contribution in [3.63, 3.8) is 0 Å². The molecule has 0 spiro atoms. The zero-order valence-electron chi connectivity index (χ0n) is 15.4. The molecule has 5 nitrogen and oxygen atoms in total. The summed E-state index contributed by atoms with van der Waals surface area (Å²) in [6.07, 6.45) is 2.25. The van der Waals surface area contributed by atoms with Crippen LogP contribution in [0.1, 0.15) is 37.3 Å². The fourth-order valence-corrected chi connectivity index (χ4v) is 4.63. The molecule has 1 aromatic rings. The fraction of sp³-hybridized carbons (Fsp3) is 0.632. The van der Waals surface area contributed by atoms with Crippen molar-refractivity contribution in [3.8, 4) is 11.5 Å². The predicted molar refractivity (Wildman–Crippen MR) is 118 cm³/mol. The molecule has 3 unspecified atom stereocenters. The Morgan fingerprint density at radius 2 is 2.15 bits per heavy atom. The smallest absolute Gasteiger partial charge is 0.191 e. The second kappa shape index (κ2) is 8.46. The van der Waals surface area contributed by atoms with Crippen LogP contribution in [-0.4, -0.2) is 54.2 Å². The van der Waals surface area contributed by atoms with E-state index in [4.69, 9.17) is 20.2 Å². The van der Waals surface area contributed by atoms with E-state index in [0.717, 1.165) is 48.9 Å². The highest BCUT2D eigenvalue weighted by Crippen LogP contribution is 2.49. The van der Waals surface area contributed by atoms with Crippen LogP contribution in [0.3, 0.4) is 0 Å². The van der Waals surface area contributed by atoms with E-state index in [0.29, 0.717) is 18.5 Å². The maximum Gasteiger partial charge on any atom is 0.191 e. The van der Waals surface area contributed by atoms with Crippen LogP contribution in [0.4, 0.5) is 0 Å². The molecule has 2 N–H and O–H groups in total. The molecule has 1 saturated heterocycles. The van der Waals surface area contributed by atoms with Crippen molar-refractivity contribution >= 4 is 41.7 Å². The van der Waals surface area contributed by atoms with E-state index in [1.165, 1.54) is 11.1 Å². The number of benzene rings is 1. The standard InChI is InChI=1S/C19H27N3O2S.HI/c1-3-23-18-9-13-8-12(2)24-17(13)11-15(18)14-10-16(14)21-19(20)22-4-6-25-7-5-22;/h9,11-12,14,16H,3-8,10H2,1-2H3,(H2,20,21);1H. The predicted octanol–water partition coefficient (Wildman–Crippen LogP) is 3.25. The van der Waals surface area contributed by atoms with Gasteiger partial charge in [0.25, 0.3) is 0 Å². The Hall–Kier alpha value is -0.830. The van der Waals surface area contributed by atoms with E-state index >= 15 is 0 Å². The molecular weight excluding hydrogens is 461 g/mol. The molecule has 144 valence electrons. The fourth-order valence-electron chi connectivity index (χ4n) is 3.73. The van der Waals surface area contributed by atoms with Crippen molar-refractivity contribution in [2.45, 2.75) is 44.8 Å². The highest BCUT2D eigenvalue weighted by molar-refractivity contribution is 14.0. The Bertz CT molecular complexity index is 679. The monoisotopic (exact) mass is 489 g/mol. The first-order valence-corrected chi connectivity index (χ1v) is 10.4. The minimum atomic E-state index is 0. The van der Waals surface area contributed by atoms with Crippen LogP contribution in [0, 0.1) is 0 Å². The summed E-state index contributed by atoms with van der Waals surface area (Å²) in [7, 11) is 0. The van der Waals surface area contributed by atoms with Gasteiger partial charge in [0.15, 0.2) is 5.96 Å². The zero-order valence-corrected chi connectivity index (χ0v) is 18.6. The first kappa shape index (κ1) is 19.9. The van der Waals surface area contributed by atoms with Gasteiger partial charge in [0, 0.05) is 48.1 Å². The molecule has 2 aliphatic heterocycles. The van der Waals surface area contributed by atoms with Gasteiger partial charge in [0.2, 0.25) is 0 Å². The molecule has 1 aliphatic carbocycles. The molecule has 4 rings (SSSR count). The summed E-state index contributed by atoms with van der Waals surface area (Å²) < 4.78 is 11.9. The minimum Gasteiger partial charge on any atom is -0.494 e. The number of nitrogens with two attached hydrogens (primary N) is 1. The quantitative estimate of drug-likeness (QED) is 0.400. The summed E-state index contributed by atoms with van der Waals surface area (Å²) in [6, 6.07) is 4.62. The third-order valence-corrected chi connectivity index (χ3v) is 6.06. The van der Waals surface area contributed by atoms with Gasteiger partial charge in [-0.1, -0.05) is 0 Å². The third kappa shape index (κ3) is 4.18. The lowest BCUT2D eigenvalue weighted by Gasteiger charge is -2.27. The van der Waals surface area contributed by atoms with Gasteiger partial charge in [-0.3, -0.25) is 0 Å². The van der Waals surface area contributed by atoms with E-state index in [1.54, 1.807) is 0 Å². The van der Waals surface area contributed by atoms with Crippen LogP contribution in [0.25, 0.3) is 0 Å². The first-order chi connectivity index (χ1) is 12.2. The number of guanidine groups is 1. The second-order valence-corrected chi connectivity index (χ2v) is 8.28. The summed E-state index contributed by atoms with van der Waals surface area (Å²) in [6.45, 7) is 6.83. The van der Waals surface area contributed by atoms with Crippen molar-refractivity contribution in [3.05, 3.63) is 23.3 Å². The van der Waals surface area contributed by atoms with Crippen LogP contribution in [0.2, 0.25) is 0 Å². The Labute approximate surface area is 177 Å². The number of aliphatic imine (C=N–C) groups is 1. The van der Waals surface area contributed by atoms with Gasteiger partial charge < -0.3 is 20.1 Å². The van der Waals surface area contributed by atoms with E-state index in [2.05, 4.69) is 24.0 Å². The molecule has 1 aromatic carbocycles. The number of rotatable bonds is 4. The topological polar surface area (TPSA) is 60.1 Å². The zero-order chi connectivity index (χ0) is 17.4. The second-order valence-electron chi connectivity index (χ2n) is 7.06. The number of ether oxygens (including phenoxy) is 2. The van der Waals surface area contributed by atoms with Crippen LogP contribution in [0.15, 0.2) is 17.1 Å². The maximum atomic E-state index is 6.25. The number of halogens is 1. The van der Waals surface area contributed by atoms with E-state index in [1.807, 2.05) is 18.7 Å². The molecule has 26 heavy (non-hydrogen) atoms. The Morgan fingerprint density at radius 3 is 2.88 bits per heavy atom. The van der Waals surface area contributed by atoms with E-state index < -0.39 is 0 Å². The van der Waals surface area contributed by atoms with E-state index in [-0.39, 0.29) is 36.1 Å². The Kier molecular flexibility index (Phi) is 6.48. The molecule has 3 atom stereocenters. The van der Waals surface area contributed by atoms with Crippen LogP contribution in [-0.2, 0) is 6.42 Å². The number of fused-ring (bicyclic) bond motifs is 1. The summed E-state index contributed by atoms with van der Waals surface area (Å²) >= 11 is 1.98. The summed E-state index contributed by atoms with van der Waals surface area (Å²) in [5, 5.41) is 0. The highest BCUT2D eigenvalue weighted by atomic mass is 127. The number of nitrogens with zero attached hydrogens (tertiary/aromatic N) is 2. The molecule has 0 amide bonds. The van der Waals surface area contributed by atoms with Crippen molar-refractivity contribution in [1.82, 2.24) is 4.90 Å². The maximum absolute atomic E-state index is 6.25. The molecule has 0 bridgehead atoms. The largest absolute Gasteiger partial charge is 0.494 e. The average Bonchev–Trinajstić information content (AvgIpc) is 3.27. The molecule has 7 heteroatoms. The molecule has 0 aromatic heterocycles. The summed E-state index contributed by atoms with van der Waals surface area (Å²) in [4.78, 5) is 7.01. The highest BCUT2D eigenvalue weighted by Gasteiger charge is 2.42. The lowest BCUT2D eigenvalue weighted by atomic mass is 10.0. The third-order valence-electron chi connectivity index (χ3n) is 5.12. The van der Waals surface area contributed by atoms with Gasteiger partial charge in [-0.25, -0.2) is 4.99 Å². The molecule has 0 radical (unpaired) electrons. The molecular formula is C19H28IN3O2S. The van der Waals surface area contributed by atoms with Crippen LogP contribution >= 0.6 is 35.7 Å². The summed E-state index contributed by atoms with van der Waals surface area (Å²) in [5.74, 6) is 5.38. The summed E-state index contributed by atoms with van der Waals surface area (Å²) in [5.41, 5.74) is 8.73. The lowest BCUT2D eigenvalue weighted by molar-refractivity contribution is 0.254. The average molecular weight is 489 g/mol. The normalized spacial score (nSPS) is 27.4. The number of thioether (sulfide) groups is 1.